The van der Waals surface area contributed by atoms with Crippen LogP contribution in [0.1, 0.15) is 11.1 Å². The molecule has 0 aliphatic heterocycles. The maximum Gasteiger partial charge on any atom is 0.121 e. The molecule has 1 heterocycles. The molecule has 0 atom stereocenters. The third-order valence-electron chi connectivity index (χ3n) is 3.49. The van der Waals surface area contributed by atoms with Crippen molar-refractivity contribution in [2.24, 2.45) is 0 Å². The van der Waals surface area contributed by atoms with Crippen molar-refractivity contribution in [3.8, 4) is 5.75 Å². The minimum Gasteiger partial charge on any atom is -0.496 e. The van der Waals surface area contributed by atoms with Crippen LogP contribution in [0, 0.1) is 6.92 Å². The summed E-state index contributed by atoms with van der Waals surface area (Å²) in [5.41, 5.74) is 3.74. The largest absolute Gasteiger partial charge is 0.496 e. The summed E-state index contributed by atoms with van der Waals surface area (Å²) >= 11 is 0. The number of hydrogen-bond acceptors (Lipinski definition) is 1. The van der Waals surface area contributed by atoms with Crippen LogP contribution >= 0.6 is 0 Å². The Morgan fingerprint density at radius 3 is 2.68 bits per heavy atom. The fraction of sp³-hybridized carbons (Fsp3) is 0.176. The normalized spacial score (nSPS) is 10.8. The molecule has 2 aromatic carbocycles. The Morgan fingerprint density at radius 1 is 1.05 bits per heavy atom. The lowest BCUT2D eigenvalue weighted by molar-refractivity contribution is 0.411. The van der Waals surface area contributed by atoms with Crippen LogP contribution < -0.4 is 4.74 Å². The molecule has 19 heavy (non-hydrogen) atoms. The average Bonchev–Trinajstić information content (AvgIpc) is 2.83. The first-order valence-electron chi connectivity index (χ1n) is 6.45. The molecule has 2 heteroatoms. The van der Waals surface area contributed by atoms with Crippen molar-refractivity contribution in [1.29, 1.82) is 0 Å². The van der Waals surface area contributed by atoms with E-state index in [1.54, 1.807) is 7.11 Å². The SMILES string of the molecule is COc1ccc(Cn2ccc3ccccc32)cc1C. The lowest BCUT2D eigenvalue weighted by Crippen LogP contribution is -1.98. The molecule has 0 aliphatic rings. The molecule has 0 bridgehead atoms. The lowest BCUT2D eigenvalue weighted by Gasteiger charge is -2.09. The van der Waals surface area contributed by atoms with E-state index in [9.17, 15) is 0 Å². The summed E-state index contributed by atoms with van der Waals surface area (Å²) in [5.74, 6) is 0.945. The van der Waals surface area contributed by atoms with Crippen LogP contribution in [0.5, 0.6) is 5.75 Å². The summed E-state index contributed by atoms with van der Waals surface area (Å²) in [6.07, 6.45) is 2.14. The van der Waals surface area contributed by atoms with Gasteiger partial charge in [0.15, 0.2) is 0 Å². The molecule has 0 aliphatic carbocycles. The fourth-order valence-corrected chi connectivity index (χ4v) is 2.51. The van der Waals surface area contributed by atoms with E-state index in [-0.39, 0.29) is 0 Å². The molecular weight excluding hydrogens is 234 g/mol. The van der Waals surface area contributed by atoms with E-state index < -0.39 is 0 Å². The Hall–Kier alpha value is -2.22. The van der Waals surface area contributed by atoms with E-state index in [1.807, 2.05) is 6.07 Å². The number of aromatic nitrogens is 1. The first kappa shape index (κ1) is 11.8. The van der Waals surface area contributed by atoms with E-state index >= 15 is 0 Å². The van der Waals surface area contributed by atoms with Crippen molar-refractivity contribution in [3.63, 3.8) is 0 Å². The number of aryl methyl sites for hydroxylation is 1. The van der Waals surface area contributed by atoms with Crippen molar-refractivity contribution >= 4 is 10.9 Å². The Kier molecular flexibility index (Phi) is 3.00. The zero-order valence-electron chi connectivity index (χ0n) is 11.3. The number of benzene rings is 2. The van der Waals surface area contributed by atoms with Gasteiger partial charge >= 0.3 is 0 Å². The standard InChI is InChI=1S/C17H17NO/c1-13-11-14(7-8-17(13)19-2)12-18-10-9-15-5-3-4-6-16(15)18/h3-11H,12H2,1-2H3. The first-order valence-corrected chi connectivity index (χ1v) is 6.45. The van der Waals surface area contributed by atoms with E-state index in [0.717, 1.165) is 12.3 Å². The van der Waals surface area contributed by atoms with Crippen LogP contribution in [0.25, 0.3) is 10.9 Å². The van der Waals surface area contributed by atoms with Gasteiger partial charge in [0.2, 0.25) is 0 Å². The topological polar surface area (TPSA) is 14.2 Å². The number of para-hydroxylation sites is 1. The third kappa shape index (κ3) is 2.22. The van der Waals surface area contributed by atoms with Crippen LogP contribution in [0.4, 0.5) is 0 Å². The minimum absolute atomic E-state index is 0.887. The van der Waals surface area contributed by atoms with Gasteiger partial charge in [-0.1, -0.05) is 30.3 Å². The second kappa shape index (κ2) is 4.81. The zero-order valence-corrected chi connectivity index (χ0v) is 11.3. The summed E-state index contributed by atoms with van der Waals surface area (Å²) in [5, 5.41) is 1.28. The Balaban J connectivity index is 1.95. The molecule has 3 rings (SSSR count). The van der Waals surface area contributed by atoms with Gasteiger partial charge in [0.25, 0.3) is 0 Å². The van der Waals surface area contributed by atoms with Crippen LogP contribution in [0.3, 0.4) is 0 Å². The number of ether oxygens (including phenoxy) is 1. The van der Waals surface area contributed by atoms with Gasteiger partial charge in [-0.2, -0.15) is 0 Å². The van der Waals surface area contributed by atoms with E-state index in [1.165, 1.54) is 22.0 Å². The zero-order chi connectivity index (χ0) is 13.2. The molecular formula is C17H17NO. The highest BCUT2D eigenvalue weighted by Gasteiger charge is 2.03. The second-order valence-corrected chi connectivity index (χ2v) is 4.81. The van der Waals surface area contributed by atoms with E-state index in [2.05, 4.69) is 60.2 Å². The van der Waals surface area contributed by atoms with Crippen LogP contribution in [-0.4, -0.2) is 11.7 Å². The van der Waals surface area contributed by atoms with Gasteiger partial charge in [0.1, 0.15) is 5.75 Å². The van der Waals surface area contributed by atoms with Gasteiger partial charge in [0, 0.05) is 18.3 Å². The predicted octanol–water partition coefficient (Wildman–Crippen LogP) is 4.01. The average molecular weight is 251 g/mol. The lowest BCUT2D eigenvalue weighted by atomic mass is 10.1. The molecule has 2 nitrogen and oxygen atoms in total. The van der Waals surface area contributed by atoms with Gasteiger partial charge in [0.05, 0.1) is 7.11 Å². The van der Waals surface area contributed by atoms with Crippen LogP contribution in [0.15, 0.2) is 54.7 Å². The van der Waals surface area contributed by atoms with Crippen LogP contribution in [0.2, 0.25) is 0 Å². The monoisotopic (exact) mass is 251 g/mol. The van der Waals surface area contributed by atoms with Crippen molar-refractivity contribution in [3.05, 3.63) is 65.9 Å². The smallest absolute Gasteiger partial charge is 0.121 e. The molecule has 0 N–H and O–H groups in total. The van der Waals surface area contributed by atoms with Gasteiger partial charge in [-0.15, -0.1) is 0 Å². The number of hydrogen-bond donors (Lipinski definition) is 0. The Morgan fingerprint density at radius 2 is 1.89 bits per heavy atom. The van der Waals surface area contributed by atoms with Crippen LogP contribution in [-0.2, 0) is 6.54 Å². The molecule has 3 aromatic rings. The number of nitrogens with zero attached hydrogens (tertiary/aromatic N) is 1. The molecule has 96 valence electrons. The Labute approximate surface area is 113 Å². The van der Waals surface area contributed by atoms with E-state index in [4.69, 9.17) is 4.74 Å². The summed E-state index contributed by atoms with van der Waals surface area (Å²) < 4.78 is 7.57. The summed E-state index contributed by atoms with van der Waals surface area (Å²) in [4.78, 5) is 0. The van der Waals surface area contributed by atoms with Crippen molar-refractivity contribution in [2.45, 2.75) is 13.5 Å². The molecule has 0 fully saturated rings. The maximum absolute atomic E-state index is 5.30. The molecule has 0 radical (unpaired) electrons. The summed E-state index contributed by atoms with van der Waals surface area (Å²) in [6.45, 7) is 2.97. The molecule has 1 aromatic heterocycles. The molecule has 0 saturated carbocycles. The maximum atomic E-state index is 5.30. The predicted molar refractivity (Wildman–Crippen MR) is 78.8 cm³/mol. The van der Waals surface area contributed by atoms with Crippen molar-refractivity contribution < 1.29 is 4.74 Å². The van der Waals surface area contributed by atoms with Crippen molar-refractivity contribution in [2.75, 3.05) is 7.11 Å². The van der Waals surface area contributed by atoms with Gasteiger partial charge in [-0.25, -0.2) is 0 Å². The molecule has 0 spiro atoms. The number of fused-ring (bicyclic) bond motifs is 1. The highest BCUT2D eigenvalue weighted by atomic mass is 16.5. The quantitative estimate of drug-likeness (QED) is 0.686. The van der Waals surface area contributed by atoms with E-state index in [0.29, 0.717) is 0 Å². The van der Waals surface area contributed by atoms with Gasteiger partial charge in [-0.3, -0.25) is 0 Å². The fourth-order valence-electron chi connectivity index (χ4n) is 2.51. The number of rotatable bonds is 3. The Bertz CT molecular complexity index is 712. The third-order valence-corrected chi connectivity index (χ3v) is 3.49. The highest BCUT2D eigenvalue weighted by Crippen LogP contribution is 2.21. The minimum atomic E-state index is 0.887. The summed E-state index contributed by atoms with van der Waals surface area (Å²) in [7, 11) is 1.71. The first-order chi connectivity index (χ1) is 9.28. The summed E-state index contributed by atoms with van der Waals surface area (Å²) in [6, 6.07) is 17.0. The van der Waals surface area contributed by atoms with Gasteiger partial charge < -0.3 is 9.30 Å². The number of methoxy groups -OCH3 is 1. The highest BCUT2D eigenvalue weighted by molar-refractivity contribution is 5.80. The molecule has 0 saturated heterocycles. The van der Waals surface area contributed by atoms with Crippen molar-refractivity contribution in [1.82, 2.24) is 4.57 Å². The molecule has 0 unspecified atom stereocenters. The second-order valence-electron chi connectivity index (χ2n) is 4.81. The van der Waals surface area contributed by atoms with Gasteiger partial charge in [-0.05, 0) is 41.6 Å². The molecule has 0 amide bonds.